The lowest BCUT2D eigenvalue weighted by Gasteiger charge is -2.41. The zero-order valence-electron chi connectivity index (χ0n) is 13.7. The van der Waals surface area contributed by atoms with Crippen molar-refractivity contribution in [3.8, 4) is 0 Å². The van der Waals surface area contributed by atoms with Gasteiger partial charge in [-0.15, -0.1) is 0 Å². The van der Waals surface area contributed by atoms with Crippen molar-refractivity contribution in [3.05, 3.63) is 0 Å². The molecule has 124 valence electrons. The van der Waals surface area contributed by atoms with Crippen molar-refractivity contribution in [3.63, 3.8) is 0 Å². The summed E-state index contributed by atoms with van der Waals surface area (Å²) in [7, 11) is 3.18. The van der Waals surface area contributed by atoms with E-state index in [0.29, 0.717) is 19.6 Å². The van der Waals surface area contributed by atoms with E-state index >= 15 is 0 Å². The molecular weight excluding hydrogens is 272 g/mol. The molecule has 1 rings (SSSR count). The highest BCUT2D eigenvalue weighted by Crippen LogP contribution is 2.25. The average molecular weight is 302 g/mol. The third kappa shape index (κ3) is 5.45. The normalized spacial score (nSPS) is 22.6. The van der Waals surface area contributed by atoms with Crippen LogP contribution in [0.2, 0.25) is 0 Å². The largest absolute Gasteiger partial charge is 0.379 e. The van der Waals surface area contributed by atoms with E-state index in [2.05, 4.69) is 17.6 Å². The van der Waals surface area contributed by atoms with E-state index in [1.54, 1.807) is 14.2 Å². The number of unbranched alkanes of at least 4 members (excludes halogenated alkanes) is 2. The Balaban J connectivity index is 2.44. The first-order valence-electron chi connectivity index (χ1n) is 7.83. The molecule has 0 aromatic carbocycles. The first-order valence-corrected chi connectivity index (χ1v) is 7.83. The average Bonchev–Trinajstić information content (AvgIpc) is 2.48. The number of amides is 2. The molecule has 0 aromatic rings. The Morgan fingerprint density at radius 3 is 2.71 bits per heavy atom. The molecule has 0 aromatic heterocycles. The number of hydrogen-bond acceptors (Lipinski definition) is 4. The Hall–Kier alpha value is -0.850. The minimum absolute atomic E-state index is 0.153. The van der Waals surface area contributed by atoms with Crippen LogP contribution in [0.3, 0.4) is 0 Å². The van der Waals surface area contributed by atoms with Gasteiger partial charge in [-0.1, -0.05) is 26.2 Å². The van der Waals surface area contributed by atoms with Crippen molar-refractivity contribution < 1.29 is 19.0 Å². The van der Waals surface area contributed by atoms with Crippen molar-refractivity contribution in [1.29, 1.82) is 0 Å². The van der Waals surface area contributed by atoms with Crippen molar-refractivity contribution in [2.75, 3.05) is 27.4 Å². The van der Waals surface area contributed by atoms with Gasteiger partial charge in [-0.3, -0.25) is 0 Å². The van der Waals surface area contributed by atoms with E-state index in [0.717, 1.165) is 12.8 Å². The number of urea groups is 1. The quantitative estimate of drug-likeness (QED) is 0.532. The number of carbonyl (C=O) groups excluding carboxylic acids is 1. The fourth-order valence-corrected chi connectivity index (χ4v) is 2.64. The van der Waals surface area contributed by atoms with Gasteiger partial charge in [0.25, 0.3) is 0 Å². The molecule has 1 heterocycles. The summed E-state index contributed by atoms with van der Waals surface area (Å²) in [6, 6.07) is -0.363. The molecule has 0 saturated carbocycles. The topological polar surface area (TPSA) is 68.8 Å². The molecule has 2 amide bonds. The number of nitrogens with one attached hydrogen (secondary N) is 2. The van der Waals surface area contributed by atoms with Crippen LogP contribution in [0.25, 0.3) is 0 Å². The lowest BCUT2D eigenvalue weighted by molar-refractivity contribution is -0.256. The van der Waals surface area contributed by atoms with Crippen LogP contribution in [0.15, 0.2) is 0 Å². The highest BCUT2D eigenvalue weighted by Gasteiger charge is 2.43. The van der Waals surface area contributed by atoms with Crippen molar-refractivity contribution in [1.82, 2.24) is 10.6 Å². The fraction of sp³-hybridized carbons (Fsp3) is 0.933. The Kier molecular flexibility index (Phi) is 8.00. The molecule has 0 radical (unpaired) electrons. The van der Waals surface area contributed by atoms with Crippen molar-refractivity contribution in [2.24, 2.45) is 0 Å². The summed E-state index contributed by atoms with van der Waals surface area (Å²) in [5, 5.41) is 5.86. The molecule has 0 bridgehead atoms. The predicted molar refractivity (Wildman–Crippen MR) is 81.2 cm³/mol. The zero-order valence-corrected chi connectivity index (χ0v) is 13.7. The second-order valence-electron chi connectivity index (χ2n) is 5.61. The number of hydrogen-bond donors (Lipinski definition) is 2. The molecule has 2 atom stereocenters. The van der Waals surface area contributed by atoms with Gasteiger partial charge in [0.1, 0.15) is 6.04 Å². The van der Waals surface area contributed by atoms with Crippen LogP contribution in [0, 0.1) is 0 Å². The maximum Gasteiger partial charge on any atom is 0.315 e. The first kappa shape index (κ1) is 18.2. The Labute approximate surface area is 127 Å². The molecule has 1 fully saturated rings. The standard InChI is InChI=1S/C15H30N2O4/c1-5-6-7-8-12(2)16-14(18)17-13-11-21-10-9-15(13,19-3)20-4/h12-13H,5-11H2,1-4H3,(H2,16,17,18). The zero-order chi connectivity index (χ0) is 15.7. The van der Waals surface area contributed by atoms with Crippen LogP contribution in [-0.4, -0.2) is 51.3 Å². The van der Waals surface area contributed by atoms with Gasteiger partial charge in [0.05, 0.1) is 13.2 Å². The number of ether oxygens (including phenoxy) is 3. The lowest BCUT2D eigenvalue weighted by Crippen LogP contribution is -2.62. The minimum atomic E-state index is -0.805. The molecule has 0 spiro atoms. The Morgan fingerprint density at radius 1 is 1.38 bits per heavy atom. The molecule has 6 heteroatoms. The highest BCUT2D eigenvalue weighted by atomic mass is 16.7. The Bertz CT molecular complexity index is 308. The summed E-state index contributed by atoms with van der Waals surface area (Å²) in [6.07, 6.45) is 5.09. The Morgan fingerprint density at radius 2 is 2.10 bits per heavy atom. The van der Waals surface area contributed by atoms with Crippen LogP contribution in [0.4, 0.5) is 4.79 Å². The number of rotatable bonds is 8. The molecule has 1 saturated heterocycles. The van der Waals surface area contributed by atoms with Crippen LogP contribution in [-0.2, 0) is 14.2 Å². The molecule has 0 aliphatic carbocycles. The van der Waals surface area contributed by atoms with E-state index < -0.39 is 5.79 Å². The van der Waals surface area contributed by atoms with Gasteiger partial charge in [-0.25, -0.2) is 4.79 Å². The summed E-state index contributed by atoms with van der Waals surface area (Å²) in [4.78, 5) is 12.1. The third-order valence-corrected chi connectivity index (χ3v) is 4.02. The smallest absolute Gasteiger partial charge is 0.315 e. The van der Waals surface area contributed by atoms with Gasteiger partial charge in [0.2, 0.25) is 0 Å². The van der Waals surface area contributed by atoms with Crippen molar-refractivity contribution in [2.45, 2.75) is 63.8 Å². The summed E-state index contributed by atoms with van der Waals surface area (Å²) in [5.41, 5.74) is 0. The van der Waals surface area contributed by atoms with E-state index in [9.17, 15) is 4.79 Å². The summed E-state index contributed by atoms with van der Waals surface area (Å²) < 4.78 is 16.4. The van der Waals surface area contributed by atoms with Gasteiger partial charge >= 0.3 is 6.03 Å². The monoisotopic (exact) mass is 302 g/mol. The van der Waals surface area contributed by atoms with E-state index in [1.165, 1.54) is 12.8 Å². The van der Waals surface area contributed by atoms with Crippen LogP contribution in [0.5, 0.6) is 0 Å². The van der Waals surface area contributed by atoms with E-state index in [-0.39, 0.29) is 18.1 Å². The molecule has 21 heavy (non-hydrogen) atoms. The summed E-state index contributed by atoms with van der Waals surface area (Å²) in [6.45, 7) is 5.14. The summed E-state index contributed by atoms with van der Waals surface area (Å²) in [5.74, 6) is -0.805. The predicted octanol–water partition coefficient (Wildman–Crippen LogP) is 2.03. The van der Waals surface area contributed by atoms with Gasteiger partial charge < -0.3 is 24.8 Å². The number of methoxy groups -OCH3 is 2. The van der Waals surface area contributed by atoms with Gasteiger partial charge in [-0.05, 0) is 13.3 Å². The SMILES string of the molecule is CCCCCC(C)NC(=O)NC1COCCC1(OC)OC. The third-order valence-electron chi connectivity index (χ3n) is 4.02. The minimum Gasteiger partial charge on any atom is -0.379 e. The molecular formula is C15H30N2O4. The fourth-order valence-electron chi connectivity index (χ4n) is 2.64. The van der Waals surface area contributed by atoms with Crippen LogP contribution < -0.4 is 10.6 Å². The second kappa shape index (κ2) is 9.23. The van der Waals surface area contributed by atoms with Gasteiger partial charge in [0, 0.05) is 26.7 Å². The lowest BCUT2D eigenvalue weighted by atomic mass is 10.0. The molecule has 1 aliphatic heterocycles. The van der Waals surface area contributed by atoms with Crippen LogP contribution >= 0.6 is 0 Å². The molecule has 6 nitrogen and oxygen atoms in total. The maximum absolute atomic E-state index is 12.1. The van der Waals surface area contributed by atoms with E-state index in [4.69, 9.17) is 14.2 Å². The van der Waals surface area contributed by atoms with Gasteiger partial charge in [0.15, 0.2) is 5.79 Å². The van der Waals surface area contributed by atoms with E-state index in [1.807, 2.05) is 6.92 Å². The maximum atomic E-state index is 12.1. The highest BCUT2D eigenvalue weighted by molar-refractivity contribution is 5.74. The molecule has 2 unspecified atom stereocenters. The second-order valence-corrected chi connectivity index (χ2v) is 5.61. The molecule has 1 aliphatic rings. The molecule has 2 N–H and O–H groups in total. The van der Waals surface area contributed by atoms with Gasteiger partial charge in [-0.2, -0.15) is 0 Å². The van der Waals surface area contributed by atoms with Crippen molar-refractivity contribution >= 4 is 6.03 Å². The van der Waals surface area contributed by atoms with Crippen LogP contribution in [0.1, 0.15) is 46.0 Å². The summed E-state index contributed by atoms with van der Waals surface area (Å²) >= 11 is 0. The first-order chi connectivity index (χ1) is 10.1. The number of carbonyl (C=O) groups is 1.